The van der Waals surface area contributed by atoms with E-state index in [-0.39, 0.29) is 18.1 Å². The summed E-state index contributed by atoms with van der Waals surface area (Å²) in [5.74, 6) is 1.49. The van der Waals surface area contributed by atoms with Crippen LogP contribution in [0.5, 0.6) is 0 Å². The van der Waals surface area contributed by atoms with E-state index in [4.69, 9.17) is 0 Å². The molecule has 110 valence electrons. The first-order valence-electron chi connectivity index (χ1n) is 7.40. The van der Waals surface area contributed by atoms with Crippen molar-refractivity contribution in [2.75, 3.05) is 11.9 Å². The summed E-state index contributed by atoms with van der Waals surface area (Å²) in [6.45, 7) is 0.528. The molecular formula is C14H22N4O2. The number of hydrogen-bond acceptors (Lipinski definition) is 3. The second-order valence-electron chi connectivity index (χ2n) is 5.95. The maximum Gasteiger partial charge on any atom is 0.320 e. The van der Waals surface area contributed by atoms with Crippen LogP contribution in [0.25, 0.3) is 0 Å². The van der Waals surface area contributed by atoms with Crippen molar-refractivity contribution in [2.45, 2.75) is 44.1 Å². The molecule has 6 heteroatoms. The van der Waals surface area contributed by atoms with E-state index in [2.05, 4.69) is 15.7 Å². The number of urea groups is 1. The van der Waals surface area contributed by atoms with Crippen LogP contribution in [-0.4, -0.2) is 33.6 Å². The van der Waals surface area contributed by atoms with Gasteiger partial charge < -0.3 is 10.4 Å². The molecule has 0 radical (unpaired) electrons. The van der Waals surface area contributed by atoms with Gasteiger partial charge in [0, 0.05) is 31.5 Å². The van der Waals surface area contributed by atoms with E-state index in [1.165, 1.54) is 12.8 Å². The molecule has 2 aliphatic rings. The average Bonchev–Trinajstić information content (AvgIpc) is 3.09. The van der Waals surface area contributed by atoms with Gasteiger partial charge in [-0.15, -0.1) is 0 Å². The molecule has 1 aromatic heterocycles. The van der Waals surface area contributed by atoms with Crippen molar-refractivity contribution in [1.82, 2.24) is 15.1 Å². The molecule has 0 saturated heterocycles. The van der Waals surface area contributed by atoms with Gasteiger partial charge in [-0.3, -0.25) is 10.00 Å². The average molecular weight is 278 g/mol. The lowest BCUT2D eigenvalue weighted by Gasteiger charge is -2.15. The van der Waals surface area contributed by atoms with Crippen LogP contribution in [0.4, 0.5) is 10.6 Å². The van der Waals surface area contributed by atoms with E-state index in [9.17, 15) is 9.90 Å². The zero-order chi connectivity index (χ0) is 14.1. The Bertz CT molecular complexity index is 495. The monoisotopic (exact) mass is 278 g/mol. The van der Waals surface area contributed by atoms with Gasteiger partial charge in [0.1, 0.15) is 5.82 Å². The van der Waals surface area contributed by atoms with Gasteiger partial charge in [-0.05, 0) is 25.7 Å². The van der Waals surface area contributed by atoms with Crippen molar-refractivity contribution < 1.29 is 9.90 Å². The molecule has 2 fully saturated rings. The van der Waals surface area contributed by atoms with Crippen molar-refractivity contribution >= 4 is 11.8 Å². The molecule has 0 aliphatic heterocycles. The number of carbonyl (C=O) groups excluding carboxylic acids is 1. The lowest BCUT2D eigenvalue weighted by molar-refractivity contribution is 0.133. The second-order valence-corrected chi connectivity index (χ2v) is 5.95. The minimum absolute atomic E-state index is 0.189. The molecule has 1 aromatic rings. The van der Waals surface area contributed by atoms with Crippen molar-refractivity contribution in [2.24, 2.45) is 13.0 Å². The van der Waals surface area contributed by atoms with Gasteiger partial charge in [0.05, 0.1) is 11.8 Å². The molecular weight excluding hydrogens is 256 g/mol. The number of aryl methyl sites for hydroxylation is 1. The molecule has 20 heavy (non-hydrogen) atoms. The molecule has 3 N–H and O–H groups in total. The van der Waals surface area contributed by atoms with Crippen LogP contribution >= 0.6 is 0 Å². The summed E-state index contributed by atoms with van der Waals surface area (Å²) in [7, 11) is 1.84. The second kappa shape index (κ2) is 5.44. The molecule has 2 atom stereocenters. The molecule has 0 bridgehead atoms. The number of anilines is 1. The summed E-state index contributed by atoms with van der Waals surface area (Å²) >= 11 is 0. The van der Waals surface area contributed by atoms with E-state index < -0.39 is 0 Å². The third-order valence-corrected chi connectivity index (χ3v) is 4.28. The van der Waals surface area contributed by atoms with E-state index in [0.717, 1.165) is 30.8 Å². The predicted octanol–water partition coefficient (Wildman–Crippen LogP) is 1.58. The zero-order valence-electron chi connectivity index (χ0n) is 11.8. The summed E-state index contributed by atoms with van der Waals surface area (Å²) in [4.78, 5) is 11.9. The van der Waals surface area contributed by atoms with Crippen molar-refractivity contribution in [3.63, 3.8) is 0 Å². The number of aliphatic hydroxyl groups is 1. The fourth-order valence-corrected chi connectivity index (χ4v) is 2.82. The number of aromatic nitrogens is 2. The maximum absolute atomic E-state index is 11.9. The minimum Gasteiger partial charge on any atom is -0.393 e. The highest BCUT2D eigenvalue weighted by Gasteiger charge is 2.27. The van der Waals surface area contributed by atoms with Gasteiger partial charge in [0.2, 0.25) is 0 Å². The number of amides is 2. The molecule has 2 saturated carbocycles. The Kier molecular flexibility index (Phi) is 3.65. The first kappa shape index (κ1) is 13.4. The van der Waals surface area contributed by atoms with E-state index in [0.29, 0.717) is 12.5 Å². The number of rotatable bonds is 4. The molecule has 2 amide bonds. The summed E-state index contributed by atoms with van der Waals surface area (Å²) in [5.41, 5.74) is 1.06. The number of carbonyl (C=O) groups is 1. The molecule has 2 aliphatic carbocycles. The number of nitrogens with one attached hydrogen (secondary N) is 2. The normalized spacial score (nSPS) is 25.7. The molecule has 0 spiro atoms. The zero-order valence-corrected chi connectivity index (χ0v) is 11.8. The quantitative estimate of drug-likeness (QED) is 0.782. The first-order chi connectivity index (χ1) is 9.63. The van der Waals surface area contributed by atoms with Gasteiger partial charge in [-0.1, -0.05) is 6.42 Å². The fourth-order valence-electron chi connectivity index (χ4n) is 2.82. The summed E-state index contributed by atoms with van der Waals surface area (Å²) < 4.78 is 1.71. The number of hydrogen-bond donors (Lipinski definition) is 3. The lowest BCUT2D eigenvalue weighted by atomic mass is 10.1. The van der Waals surface area contributed by atoms with Crippen LogP contribution in [0.3, 0.4) is 0 Å². The van der Waals surface area contributed by atoms with Gasteiger partial charge in [-0.25, -0.2) is 4.79 Å². The third-order valence-electron chi connectivity index (χ3n) is 4.28. The van der Waals surface area contributed by atoms with E-state index >= 15 is 0 Å². The number of aliphatic hydroxyl groups excluding tert-OH is 1. The predicted molar refractivity (Wildman–Crippen MR) is 75.6 cm³/mol. The van der Waals surface area contributed by atoms with Crippen LogP contribution in [0.1, 0.15) is 43.7 Å². The lowest BCUT2D eigenvalue weighted by Crippen LogP contribution is -2.35. The summed E-state index contributed by atoms with van der Waals surface area (Å²) in [6.07, 6.45) is 5.00. The Morgan fingerprint density at radius 2 is 2.25 bits per heavy atom. The minimum atomic E-state index is -0.270. The molecule has 0 aromatic carbocycles. The van der Waals surface area contributed by atoms with Gasteiger partial charge in [0.15, 0.2) is 0 Å². The van der Waals surface area contributed by atoms with Crippen LogP contribution in [-0.2, 0) is 7.05 Å². The smallest absolute Gasteiger partial charge is 0.320 e. The summed E-state index contributed by atoms with van der Waals surface area (Å²) in [6, 6.07) is 1.72. The molecule has 1 heterocycles. The highest BCUT2D eigenvalue weighted by Crippen LogP contribution is 2.39. The van der Waals surface area contributed by atoms with Crippen LogP contribution in [0.2, 0.25) is 0 Å². The topological polar surface area (TPSA) is 79.2 Å². The van der Waals surface area contributed by atoms with Gasteiger partial charge >= 0.3 is 6.03 Å². The third kappa shape index (κ3) is 2.95. The summed E-state index contributed by atoms with van der Waals surface area (Å²) in [5, 5.41) is 19.8. The molecule has 0 unspecified atom stereocenters. The van der Waals surface area contributed by atoms with Crippen molar-refractivity contribution in [3.05, 3.63) is 11.8 Å². The van der Waals surface area contributed by atoms with Gasteiger partial charge in [0.25, 0.3) is 0 Å². The Balaban J connectivity index is 1.50. The largest absolute Gasteiger partial charge is 0.393 e. The van der Waals surface area contributed by atoms with E-state index in [1.807, 2.05) is 13.1 Å². The van der Waals surface area contributed by atoms with Gasteiger partial charge in [-0.2, -0.15) is 5.10 Å². The van der Waals surface area contributed by atoms with Crippen LogP contribution in [0.15, 0.2) is 6.07 Å². The molecule has 3 rings (SSSR count). The standard InChI is InChI=1S/C14H22N4O2/c1-18-13(7-11(17-18)9-5-6-9)16-14(20)15-8-10-3-2-4-12(10)19/h7,9-10,12,19H,2-6,8H2,1H3,(H2,15,16,20)/t10-,12+/m0/s1. The fraction of sp³-hybridized carbons (Fsp3) is 0.714. The van der Waals surface area contributed by atoms with Crippen LogP contribution < -0.4 is 10.6 Å². The Labute approximate surface area is 118 Å². The Morgan fingerprint density at radius 1 is 1.45 bits per heavy atom. The van der Waals surface area contributed by atoms with Crippen LogP contribution in [0, 0.1) is 5.92 Å². The highest BCUT2D eigenvalue weighted by atomic mass is 16.3. The SMILES string of the molecule is Cn1nc(C2CC2)cc1NC(=O)NC[C@@H]1CCC[C@H]1O. The van der Waals surface area contributed by atoms with Crippen molar-refractivity contribution in [1.29, 1.82) is 0 Å². The number of nitrogens with zero attached hydrogens (tertiary/aromatic N) is 2. The Morgan fingerprint density at radius 3 is 2.90 bits per heavy atom. The highest BCUT2D eigenvalue weighted by molar-refractivity contribution is 5.88. The van der Waals surface area contributed by atoms with Crippen molar-refractivity contribution in [3.8, 4) is 0 Å². The molecule has 6 nitrogen and oxygen atoms in total. The Hall–Kier alpha value is -1.56. The first-order valence-corrected chi connectivity index (χ1v) is 7.40. The van der Waals surface area contributed by atoms with E-state index in [1.54, 1.807) is 4.68 Å². The maximum atomic E-state index is 11.9.